The maximum atomic E-state index is 9.15. The molecule has 1 aliphatic heterocycles. The van der Waals surface area contributed by atoms with Crippen LogP contribution in [0.2, 0.25) is 0 Å². The number of benzene rings is 1. The third-order valence-corrected chi connectivity index (χ3v) is 4.08. The van der Waals surface area contributed by atoms with Gasteiger partial charge in [0.2, 0.25) is 0 Å². The fraction of sp³-hybridized carbons (Fsp3) is 0.571. The Balaban J connectivity index is 2.39. The largest absolute Gasteiger partial charge is 0.392 e. The molecular weight excluding hydrogens is 200 g/mol. The lowest BCUT2D eigenvalue weighted by atomic mass is 9.67. The van der Waals surface area contributed by atoms with E-state index in [1.54, 1.807) is 0 Å². The van der Waals surface area contributed by atoms with E-state index in [1.165, 1.54) is 5.56 Å². The SMILES string of the molecule is Cc1cc(C2(C)OCC2(C)C)ccc1CO. The molecule has 1 aliphatic rings. The van der Waals surface area contributed by atoms with E-state index >= 15 is 0 Å². The maximum absolute atomic E-state index is 9.15. The van der Waals surface area contributed by atoms with Gasteiger partial charge in [0.25, 0.3) is 0 Å². The van der Waals surface area contributed by atoms with Gasteiger partial charge in [-0.05, 0) is 30.5 Å². The molecule has 1 aromatic carbocycles. The molecule has 0 spiro atoms. The fourth-order valence-electron chi connectivity index (χ4n) is 2.22. The Kier molecular flexibility index (Phi) is 2.59. The third-order valence-electron chi connectivity index (χ3n) is 4.08. The molecule has 0 bridgehead atoms. The zero-order valence-electron chi connectivity index (χ0n) is 10.5. The molecule has 88 valence electrons. The standard InChI is InChI=1S/C14H20O2/c1-10-7-12(6-5-11(10)8-15)14(4)13(2,3)9-16-14/h5-7,15H,8-9H2,1-4H3. The van der Waals surface area contributed by atoms with Crippen LogP contribution in [0, 0.1) is 12.3 Å². The summed E-state index contributed by atoms with van der Waals surface area (Å²) in [4.78, 5) is 0. The highest BCUT2D eigenvalue weighted by molar-refractivity contribution is 5.35. The van der Waals surface area contributed by atoms with Crippen molar-refractivity contribution in [3.8, 4) is 0 Å². The Morgan fingerprint density at radius 3 is 2.38 bits per heavy atom. The molecule has 0 saturated carbocycles. The second-order valence-corrected chi connectivity index (χ2v) is 5.51. The number of ether oxygens (including phenoxy) is 1. The number of aliphatic hydroxyl groups excluding tert-OH is 1. The highest BCUT2D eigenvalue weighted by atomic mass is 16.5. The molecule has 0 aliphatic carbocycles. The van der Waals surface area contributed by atoms with Crippen LogP contribution in [0.1, 0.15) is 37.5 Å². The van der Waals surface area contributed by atoms with Gasteiger partial charge in [-0.1, -0.05) is 32.0 Å². The summed E-state index contributed by atoms with van der Waals surface area (Å²) in [6, 6.07) is 6.19. The van der Waals surface area contributed by atoms with Gasteiger partial charge in [0, 0.05) is 5.41 Å². The van der Waals surface area contributed by atoms with E-state index in [0.717, 1.165) is 17.7 Å². The van der Waals surface area contributed by atoms with E-state index in [-0.39, 0.29) is 17.6 Å². The molecule has 0 radical (unpaired) electrons. The summed E-state index contributed by atoms with van der Waals surface area (Å²) in [7, 11) is 0. The lowest BCUT2D eigenvalue weighted by Gasteiger charge is -2.54. The van der Waals surface area contributed by atoms with Gasteiger partial charge < -0.3 is 9.84 Å². The number of rotatable bonds is 2. The van der Waals surface area contributed by atoms with E-state index in [0.29, 0.717) is 0 Å². The maximum Gasteiger partial charge on any atom is 0.0976 e. The van der Waals surface area contributed by atoms with Crippen molar-refractivity contribution in [1.29, 1.82) is 0 Å². The molecule has 2 nitrogen and oxygen atoms in total. The van der Waals surface area contributed by atoms with Crippen molar-refractivity contribution in [2.24, 2.45) is 5.41 Å². The lowest BCUT2D eigenvalue weighted by Crippen LogP contribution is -2.55. The van der Waals surface area contributed by atoms with E-state index in [9.17, 15) is 0 Å². The van der Waals surface area contributed by atoms with Crippen molar-refractivity contribution in [3.05, 3.63) is 34.9 Å². The lowest BCUT2D eigenvalue weighted by molar-refractivity contribution is -0.250. The topological polar surface area (TPSA) is 29.5 Å². The van der Waals surface area contributed by atoms with Crippen LogP contribution in [-0.4, -0.2) is 11.7 Å². The number of aryl methyl sites for hydroxylation is 1. The first-order valence-electron chi connectivity index (χ1n) is 5.75. The van der Waals surface area contributed by atoms with Crippen LogP contribution < -0.4 is 0 Å². The van der Waals surface area contributed by atoms with Gasteiger partial charge in [0.05, 0.1) is 18.8 Å². The van der Waals surface area contributed by atoms with Crippen LogP contribution in [0.25, 0.3) is 0 Å². The highest BCUT2D eigenvalue weighted by Crippen LogP contribution is 2.51. The van der Waals surface area contributed by atoms with Crippen molar-refractivity contribution >= 4 is 0 Å². The number of hydrogen-bond acceptors (Lipinski definition) is 2. The van der Waals surface area contributed by atoms with E-state index in [4.69, 9.17) is 9.84 Å². The predicted octanol–water partition coefficient (Wildman–Crippen LogP) is 2.76. The van der Waals surface area contributed by atoms with Gasteiger partial charge >= 0.3 is 0 Å². The first-order chi connectivity index (χ1) is 7.40. The summed E-state index contributed by atoms with van der Waals surface area (Å²) >= 11 is 0. The number of aliphatic hydroxyl groups is 1. The summed E-state index contributed by atoms with van der Waals surface area (Å²) in [5.41, 5.74) is 3.32. The highest BCUT2D eigenvalue weighted by Gasteiger charge is 2.52. The molecule has 16 heavy (non-hydrogen) atoms. The van der Waals surface area contributed by atoms with E-state index in [1.807, 2.05) is 13.0 Å². The second-order valence-electron chi connectivity index (χ2n) is 5.51. The smallest absolute Gasteiger partial charge is 0.0976 e. The van der Waals surface area contributed by atoms with Gasteiger partial charge in [-0.15, -0.1) is 0 Å². The van der Waals surface area contributed by atoms with E-state index in [2.05, 4.69) is 32.9 Å². The minimum absolute atomic E-state index is 0.104. The third kappa shape index (κ3) is 1.48. The van der Waals surface area contributed by atoms with Crippen molar-refractivity contribution in [3.63, 3.8) is 0 Å². The second kappa shape index (κ2) is 3.57. The van der Waals surface area contributed by atoms with Gasteiger partial charge in [0.15, 0.2) is 0 Å². The van der Waals surface area contributed by atoms with Crippen LogP contribution in [0.3, 0.4) is 0 Å². The number of hydrogen-bond donors (Lipinski definition) is 1. The molecule has 1 aromatic rings. The van der Waals surface area contributed by atoms with Crippen LogP contribution in [0.4, 0.5) is 0 Å². The van der Waals surface area contributed by atoms with Gasteiger partial charge in [0.1, 0.15) is 0 Å². The predicted molar refractivity (Wildman–Crippen MR) is 64.2 cm³/mol. The molecule has 2 rings (SSSR count). The van der Waals surface area contributed by atoms with Gasteiger partial charge in [-0.25, -0.2) is 0 Å². The normalized spacial score (nSPS) is 27.6. The zero-order chi connectivity index (χ0) is 12.0. The first kappa shape index (κ1) is 11.6. The Morgan fingerprint density at radius 2 is 2.00 bits per heavy atom. The van der Waals surface area contributed by atoms with Crippen LogP contribution in [0.5, 0.6) is 0 Å². The summed E-state index contributed by atoms with van der Waals surface area (Å²) in [6.45, 7) is 9.54. The van der Waals surface area contributed by atoms with Crippen LogP contribution in [-0.2, 0) is 16.9 Å². The average molecular weight is 220 g/mol. The van der Waals surface area contributed by atoms with Gasteiger partial charge in [-0.3, -0.25) is 0 Å². The zero-order valence-corrected chi connectivity index (χ0v) is 10.5. The summed E-state index contributed by atoms with van der Waals surface area (Å²) in [5, 5.41) is 9.15. The van der Waals surface area contributed by atoms with Crippen molar-refractivity contribution in [1.82, 2.24) is 0 Å². The Hall–Kier alpha value is -0.860. The minimum atomic E-state index is -0.189. The molecule has 1 atom stereocenters. The molecule has 2 heteroatoms. The van der Waals surface area contributed by atoms with Crippen molar-refractivity contribution in [2.75, 3.05) is 6.61 Å². The Labute approximate surface area is 97.3 Å². The fourth-order valence-corrected chi connectivity index (χ4v) is 2.22. The molecule has 1 heterocycles. The first-order valence-corrected chi connectivity index (χ1v) is 5.75. The molecular formula is C14H20O2. The van der Waals surface area contributed by atoms with Crippen molar-refractivity contribution < 1.29 is 9.84 Å². The molecule has 1 fully saturated rings. The molecule has 0 amide bonds. The minimum Gasteiger partial charge on any atom is -0.392 e. The van der Waals surface area contributed by atoms with Crippen molar-refractivity contribution in [2.45, 2.75) is 39.9 Å². The van der Waals surface area contributed by atoms with Crippen LogP contribution in [0.15, 0.2) is 18.2 Å². The summed E-state index contributed by atoms with van der Waals surface area (Å²) in [5.74, 6) is 0. The summed E-state index contributed by atoms with van der Waals surface area (Å²) in [6.07, 6.45) is 0. The quantitative estimate of drug-likeness (QED) is 0.830. The van der Waals surface area contributed by atoms with E-state index < -0.39 is 0 Å². The summed E-state index contributed by atoms with van der Waals surface area (Å²) < 4.78 is 5.79. The Morgan fingerprint density at radius 1 is 1.31 bits per heavy atom. The molecule has 1 N–H and O–H groups in total. The molecule has 0 aromatic heterocycles. The average Bonchev–Trinajstić information content (AvgIpc) is 2.26. The van der Waals surface area contributed by atoms with Crippen LogP contribution >= 0.6 is 0 Å². The monoisotopic (exact) mass is 220 g/mol. The molecule has 1 unspecified atom stereocenters. The Bertz CT molecular complexity index is 409. The van der Waals surface area contributed by atoms with Gasteiger partial charge in [-0.2, -0.15) is 0 Å². The molecule has 1 saturated heterocycles.